The Hall–Kier alpha value is -2.84. The average molecular weight is 334 g/mol. The van der Waals surface area contributed by atoms with Crippen molar-refractivity contribution in [3.05, 3.63) is 65.2 Å². The van der Waals surface area contributed by atoms with Crippen LogP contribution < -0.4 is 11.1 Å². The Labute approximate surface area is 148 Å². The number of nitriles is 1. The van der Waals surface area contributed by atoms with Gasteiger partial charge in [-0.1, -0.05) is 24.3 Å². The molecule has 1 fully saturated rings. The maximum Gasteiger partial charge on any atom is 0.251 e. The summed E-state index contributed by atoms with van der Waals surface area (Å²) in [6.07, 6.45) is 1.05. The van der Waals surface area contributed by atoms with E-state index < -0.39 is 0 Å². The van der Waals surface area contributed by atoms with E-state index in [-0.39, 0.29) is 5.91 Å². The Kier molecular flexibility index (Phi) is 5.32. The van der Waals surface area contributed by atoms with E-state index in [4.69, 9.17) is 5.73 Å². The number of carbonyl (C=O) groups is 1. The number of nitrogens with two attached hydrogens (primary N) is 1. The molecule has 1 atom stereocenters. The van der Waals surface area contributed by atoms with Gasteiger partial charge in [0.1, 0.15) is 0 Å². The topological polar surface area (TPSA) is 82.2 Å². The van der Waals surface area contributed by atoms with Crippen molar-refractivity contribution in [2.24, 2.45) is 5.92 Å². The molecule has 2 aromatic carbocycles. The molecule has 2 aromatic rings. The van der Waals surface area contributed by atoms with Crippen LogP contribution in [0.1, 0.15) is 27.9 Å². The second-order valence-corrected chi connectivity index (χ2v) is 6.49. The first-order valence-corrected chi connectivity index (χ1v) is 8.50. The monoisotopic (exact) mass is 334 g/mol. The molecular weight excluding hydrogens is 312 g/mol. The minimum atomic E-state index is -0.0828. The van der Waals surface area contributed by atoms with Crippen LogP contribution in [0.5, 0.6) is 0 Å². The van der Waals surface area contributed by atoms with Gasteiger partial charge >= 0.3 is 0 Å². The molecule has 0 spiro atoms. The van der Waals surface area contributed by atoms with Gasteiger partial charge in [0, 0.05) is 30.9 Å². The number of nitrogens with one attached hydrogen (secondary N) is 1. The number of anilines is 1. The maximum absolute atomic E-state index is 12.2. The van der Waals surface area contributed by atoms with E-state index in [9.17, 15) is 10.1 Å². The Morgan fingerprint density at radius 2 is 2.12 bits per heavy atom. The number of nitrogen functional groups attached to an aromatic ring is 1. The maximum atomic E-state index is 12.2. The van der Waals surface area contributed by atoms with Crippen molar-refractivity contribution in [3.63, 3.8) is 0 Å². The van der Waals surface area contributed by atoms with Crippen LogP contribution >= 0.6 is 0 Å². The number of carbonyl (C=O) groups excluding carboxylic acids is 1. The van der Waals surface area contributed by atoms with Crippen molar-refractivity contribution in [3.8, 4) is 6.07 Å². The lowest BCUT2D eigenvalue weighted by Crippen LogP contribution is -2.31. The van der Waals surface area contributed by atoms with Gasteiger partial charge in [0.25, 0.3) is 5.91 Å². The van der Waals surface area contributed by atoms with Crippen molar-refractivity contribution < 1.29 is 4.79 Å². The first-order valence-electron chi connectivity index (χ1n) is 8.50. The van der Waals surface area contributed by atoms with Crippen LogP contribution in [0, 0.1) is 17.2 Å². The lowest BCUT2D eigenvalue weighted by Gasteiger charge is -2.17. The third-order valence-electron chi connectivity index (χ3n) is 4.60. The fraction of sp³-hybridized carbons (Fsp3) is 0.300. The van der Waals surface area contributed by atoms with Crippen molar-refractivity contribution in [1.29, 1.82) is 5.26 Å². The molecule has 0 aromatic heterocycles. The third-order valence-corrected chi connectivity index (χ3v) is 4.60. The molecule has 0 saturated carbocycles. The molecule has 1 amide bonds. The Bertz CT molecular complexity index is 796. The van der Waals surface area contributed by atoms with E-state index in [2.05, 4.69) is 16.3 Å². The van der Waals surface area contributed by atoms with Crippen LogP contribution in [-0.2, 0) is 6.54 Å². The molecule has 1 heterocycles. The number of rotatable bonds is 5. The van der Waals surface area contributed by atoms with Crippen molar-refractivity contribution in [2.75, 3.05) is 25.4 Å². The fourth-order valence-electron chi connectivity index (χ4n) is 3.25. The first-order chi connectivity index (χ1) is 12.2. The van der Waals surface area contributed by atoms with Crippen molar-refractivity contribution in [1.82, 2.24) is 10.2 Å². The summed E-state index contributed by atoms with van der Waals surface area (Å²) in [6.45, 7) is 3.35. The fourth-order valence-corrected chi connectivity index (χ4v) is 3.25. The second kappa shape index (κ2) is 7.82. The number of hydrogen-bond acceptors (Lipinski definition) is 4. The Balaban J connectivity index is 1.50. The predicted molar refractivity (Wildman–Crippen MR) is 97.7 cm³/mol. The number of nitrogens with zero attached hydrogens (tertiary/aromatic N) is 2. The molecule has 1 saturated heterocycles. The van der Waals surface area contributed by atoms with Crippen molar-refractivity contribution in [2.45, 2.75) is 13.0 Å². The molecule has 1 aliphatic heterocycles. The smallest absolute Gasteiger partial charge is 0.251 e. The number of amides is 1. The predicted octanol–water partition coefficient (Wildman–Crippen LogP) is 2.39. The SMILES string of the molecule is N#Cc1ccccc1CN1CC[C@H](CNC(=O)c2cccc(N)c2)C1. The summed E-state index contributed by atoms with van der Waals surface area (Å²) in [6, 6.07) is 17.0. The van der Waals surface area contributed by atoms with E-state index in [0.717, 1.165) is 37.2 Å². The van der Waals surface area contributed by atoms with Gasteiger partial charge in [0.15, 0.2) is 0 Å². The molecule has 0 aliphatic carbocycles. The molecule has 25 heavy (non-hydrogen) atoms. The highest BCUT2D eigenvalue weighted by atomic mass is 16.1. The van der Waals surface area contributed by atoms with Gasteiger partial charge in [0.2, 0.25) is 0 Å². The van der Waals surface area contributed by atoms with Gasteiger partial charge in [-0.25, -0.2) is 0 Å². The molecular formula is C20H22N4O. The van der Waals surface area contributed by atoms with Gasteiger partial charge in [-0.15, -0.1) is 0 Å². The van der Waals surface area contributed by atoms with Crippen LogP contribution in [0.4, 0.5) is 5.69 Å². The lowest BCUT2D eigenvalue weighted by atomic mass is 10.1. The van der Waals surface area contributed by atoms with E-state index in [1.54, 1.807) is 24.3 Å². The third kappa shape index (κ3) is 4.37. The molecule has 0 radical (unpaired) electrons. The number of likely N-dealkylation sites (tertiary alicyclic amines) is 1. The van der Waals surface area contributed by atoms with Gasteiger partial charge in [-0.05, 0) is 48.7 Å². The highest BCUT2D eigenvalue weighted by molar-refractivity contribution is 5.94. The van der Waals surface area contributed by atoms with E-state index in [1.165, 1.54) is 0 Å². The molecule has 0 bridgehead atoms. The Morgan fingerprint density at radius 1 is 1.28 bits per heavy atom. The molecule has 0 unspecified atom stereocenters. The largest absolute Gasteiger partial charge is 0.399 e. The molecule has 1 aliphatic rings. The Morgan fingerprint density at radius 3 is 2.92 bits per heavy atom. The molecule has 5 nitrogen and oxygen atoms in total. The van der Waals surface area contributed by atoms with Crippen LogP contribution in [-0.4, -0.2) is 30.4 Å². The van der Waals surface area contributed by atoms with Crippen LogP contribution in [0.3, 0.4) is 0 Å². The first kappa shape index (κ1) is 17.0. The zero-order valence-corrected chi connectivity index (χ0v) is 14.1. The average Bonchev–Trinajstić information content (AvgIpc) is 3.07. The molecule has 3 N–H and O–H groups in total. The molecule has 128 valence electrons. The van der Waals surface area contributed by atoms with Crippen LogP contribution in [0.2, 0.25) is 0 Å². The summed E-state index contributed by atoms with van der Waals surface area (Å²) < 4.78 is 0. The van der Waals surface area contributed by atoms with Crippen LogP contribution in [0.15, 0.2) is 48.5 Å². The lowest BCUT2D eigenvalue weighted by molar-refractivity contribution is 0.0947. The van der Waals surface area contributed by atoms with Gasteiger partial charge in [0.05, 0.1) is 11.6 Å². The molecule has 5 heteroatoms. The summed E-state index contributed by atoms with van der Waals surface area (Å²) in [7, 11) is 0. The quantitative estimate of drug-likeness (QED) is 0.823. The number of hydrogen-bond donors (Lipinski definition) is 2. The summed E-state index contributed by atoms with van der Waals surface area (Å²) in [4.78, 5) is 14.5. The van der Waals surface area contributed by atoms with E-state index in [1.807, 2.05) is 24.3 Å². The minimum absolute atomic E-state index is 0.0828. The summed E-state index contributed by atoms with van der Waals surface area (Å²) in [5, 5.41) is 12.2. The highest BCUT2D eigenvalue weighted by Crippen LogP contribution is 2.20. The standard InChI is InChI=1S/C20H22N4O/c21-11-17-4-1-2-5-18(17)14-24-9-8-15(13-24)12-23-20(25)16-6-3-7-19(22)10-16/h1-7,10,15H,8-9,12-14,22H2,(H,23,25)/t15-/m1/s1. The van der Waals surface area contributed by atoms with Gasteiger partial charge in [-0.3, -0.25) is 9.69 Å². The summed E-state index contributed by atoms with van der Waals surface area (Å²) >= 11 is 0. The van der Waals surface area contributed by atoms with Gasteiger partial charge in [-0.2, -0.15) is 5.26 Å². The van der Waals surface area contributed by atoms with E-state index >= 15 is 0 Å². The molecule has 3 rings (SSSR count). The normalized spacial score (nSPS) is 17.2. The minimum Gasteiger partial charge on any atom is -0.399 e. The van der Waals surface area contributed by atoms with Crippen LogP contribution in [0.25, 0.3) is 0 Å². The summed E-state index contributed by atoms with van der Waals surface area (Å²) in [5.74, 6) is 0.347. The number of benzene rings is 2. The highest BCUT2D eigenvalue weighted by Gasteiger charge is 2.23. The van der Waals surface area contributed by atoms with E-state index in [0.29, 0.717) is 23.7 Å². The van der Waals surface area contributed by atoms with Gasteiger partial charge < -0.3 is 11.1 Å². The zero-order chi connectivity index (χ0) is 17.6. The zero-order valence-electron chi connectivity index (χ0n) is 14.1. The van der Waals surface area contributed by atoms with Crippen molar-refractivity contribution >= 4 is 11.6 Å². The summed E-state index contributed by atoms with van der Waals surface area (Å²) in [5.41, 5.74) is 8.71. The second-order valence-electron chi connectivity index (χ2n) is 6.49.